The van der Waals surface area contributed by atoms with E-state index in [0.29, 0.717) is 29.3 Å². The first kappa shape index (κ1) is 19.2. The lowest BCUT2D eigenvalue weighted by Gasteiger charge is -2.61. The van der Waals surface area contributed by atoms with Crippen LogP contribution in [0.4, 0.5) is 0 Å². The molecule has 2 aliphatic carbocycles. The molecule has 1 aromatic rings. The van der Waals surface area contributed by atoms with E-state index in [1.165, 1.54) is 5.56 Å². The predicted molar refractivity (Wildman–Crippen MR) is 106 cm³/mol. The summed E-state index contributed by atoms with van der Waals surface area (Å²) in [6, 6.07) is 4.84. The first-order valence-corrected chi connectivity index (χ1v) is 10.5. The summed E-state index contributed by atoms with van der Waals surface area (Å²) in [5, 5.41) is 24.6. The molecule has 1 saturated carbocycles. The molecule has 3 N–H and O–H groups in total. The van der Waals surface area contributed by atoms with Gasteiger partial charge in [0.05, 0.1) is 12.7 Å². The lowest BCUT2D eigenvalue weighted by atomic mass is 9.50. The Bertz CT molecular complexity index is 694. The zero-order valence-corrected chi connectivity index (χ0v) is 16.9. The van der Waals surface area contributed by atoms with Crippen LogP contribution in [0.3, 0.4) is 0 Å². The van der Waals surface area contributed by atoms with Crippen molar-refractivity contribution in [3.05, 3.63) is 28.8 Å². The topological polar surface area (TPSA) is 65.0 Å². The minimum Gasteiger partial charge on any atom is -0.507 e. The third kappa shape index (κ3) is 2.91. The number of nitrogens with zero attached hydrogens (tertiary/aromatic N) is 1. The summed E-state index contributed by atoms with van der Waals surface area (Å²) >= 11 is 0. The number of phenols is 1. The number of fused-ring (bicyclic) bond motifs is 1. The summed E-state index contributed by atoms with van der Waals surface area (Å²) in [4.78, 5) is 2.51. The molecule has 0 aromatic heterocycles. The number of aromatic hydroxyl groups is 1. The van der Waals surface area contributed by atoms with Gasteiger partial charge in [0.1, 0.15) is 5.75 Å². The summed E-state index contributed by atoms with van der Waals surface area (Å²) < 4.78 is 5.93. The number of ether oxygens (including phenoxy) is 1. The number of aliphatic hydroxyl groups excluding tert-OH is 1. The number of hydrogen-bond donors (Lipinski definition) is 3. The monoisotopic (exact) mass is 374 g/mol. The normalized spacial score (nSPS) is 35.6. The van der Waals surface area contributed by atoms with Crippen molar-refractivity contribution in [1.82, 2.24) is 10.2 Å². The van der Waals surface area contributed by atoms with Gasteiger partial charge in [-0.15, -0.1) is 0 Å². The van der Waals surface area contributed by atoms with Crippen LogP contribution in [0.2, 0.25) is 0 Å². The maximum atomic E-state index is 11.1. The Kier molecular flexibility index (Phi) is 5.23. The average molecular weight is 375 g/mol. The Labute approximate surface area is 162 Å². The third-order valence-electron chi connectivity index (χ3n) is 7.57. The van der Waals surface area contributed by atoms with Gasteiger partial charge in [0.25, 0.3) is 0 Å². The number of methoxy groups -OCH3 is 1. The first-order chi connectivity index (χ1) is 13.1. The molecule has 0 radical (unpaired) electrons. The van der Waals surface area contributed by atoms with E-state index in [1.807, 2.05) is 13.2 Å². The van der Waals surface area contributed by atoms with Gasteiger partial charge in [-0.2, -0.15) is 0 Å². The molecule has 1 aromatic carbocycles. The zero-order chi connectivity index (χ0) is 19.2. The summed E-state index contributed by atoms with van der Waals surface area (Å²) in [6.45, 7) is 4.13. The van der Waals surface area contributed by atoms with Gasteiger partial charge in [-0.3, -0.25) is 0 Å². The maximum absolute atomic E-state index is 11.1. The first-order valence-electron chi connectivity index (χ1n) is 10.5. The Hall–Kier alpha value is -1.14. The van der Waals surface area contributed by atoms with Crippen LogP contribution in [-0.4, -0.2) is 60.5 Å². The van der Waals surface area contributed by atoms with E-state index in [2.05, 4.69) is 30.3 Å². The van der Waals surface area contributed by atoms with Crippen molar-refractivity contribution in [2.75, 3.05) is 27.2 Å². The standard InChI is InChI=1S/C22H34N2O3/c1-4-8-23-17-12-22-7-9-24(2)18(16(22)11-19(17)27-3)10-14-5-6-15(13-25)21(26)20(14)22/h5-6,16-19,23,25-26H,4,7-13H2,1-3H3/t16-,17+,18+,19?,22-/m1/s1. The van der Waals surface area contributed by atoms with Crippen molar-refractivity contribution < 1.29 is 14.9 Å². The number of aliphatic hydroxyl groups is 1. The molecule has 0 spiro atoms. The minimum absolute atomic E-state index is 0.0273. The van der Waals surface area contributed by atoms with Crippen LogP contribution in [0.1, 0.15) is 49.3 Å². The fourth-order valence-corrected chi connectivity index (χ4v) is 6.24. The highest BCUT2D eigenvalue weighted by Crippen LogP contribution is 2.58. The van der Waals surface area contributed by atoms with Gasteiger partial charge in [-0.1, -0.05) is 19.1 Å². The number of piperidine rings is 1. The second-order valence-corrected chi connectivity index (χ2v) is 8.80. The van der Waals surface area contributed by atoms with Gasteiger partial charge in [-0.05, 0) is 63.7 Å². The molecule has 2 bridgehead atoms. The molecule has 150 valence electrons. The Balaban J connectivity index is 1.82. The minimum atomic E-state index is -0.110. The van der Waals surface area contributed by atoms with E-state index in [1.54, 1.807) is 0 Å². The molecule has 5 atom stereocenters. The van der Waals surface area contributed by atoms with Gasteiger partial charge >= 0.3 is 0 Å². The molecule has 5 heteroatoms. The van der Waals surface area contributed by atoms with E-state index >= 15 is 0 Å². The number of likely N-dealkylation sites (tertiary alicyclic amines) is 1. The van der Waals surface area contributed by atoms with Gasteiger partial charge in [0, 0.05) is 35.7 Å². The van der Waals surface area contributed by atoms with Crippen molar-refractivity contribution in [2.24, 2.45) is 5.92 Å². The number of rotatable bonds is 5. The van der Waals surface area contributed by atoms with Crippen LogP contribution in [0.15, 0.2) is 12.1 Å². The molecule has 3 aliphatic rings. The molecule has 4 rings (SSSR count). The second-order valence-electron chi connectivity index (χ2n) is 8.80. The van der Waals surface area contributed by atoms with Crippen LogP contribution in [0.5, 0.6) is 5.75 Å². The van der Waals surface area contributed by atoms with Crippen molar-refractivity contribution >= 4 is 0 Å². The molecule has 27 heavy (non-hydrogen) atoms. The SMILES string of the molecule is CCCN[C@H]1C[C@@]23CCN(C)[C@@H](Cc4ccc(CO)c(O)c42)[C@H]3CC1OC. The highest BCUT2D eigenvalue weighted by molar-refractivity contribution is 5.53. The lowest BCUT2D eigenvalue weighted by molar-refractivity contribution is -0.0696. The Morgan fingerprint density at radius 2 is 2.19 bits per heavy atom. The van der Waals surface area contributed by atoms with Crippen LogP contribution in [0, 0.1) is 5.92 Å². The predicted octanol–water partition coefficient (Wildman–Crippen LogP) is 2.18. The van der Waals surface area contributed by atoms with E-state index < -0.39 is 0 Å². The molecule has 1 unspecified atom stereocenters. The summed E-state index contributed by atoms with van der Waals surface area (Å²) in [6.07, 6.45) is 5.37. The van der Waals surface area contributed by atoms with Crippen molar-refractivity contribution in [2.45, 2.75) is 69.2 Å². The summed E-state index contributed by atoms with van der Waals surface area (Å²) in [5.41, 5.74) is 3.02. The third-order valence-corrected chi connectivity index (χ3v) is 7.57. The van der Waals surface area contributed by atoms with Gasteiger partial charge in [0.15, 0.2) is 0 Å². The maximum Gasteiger partial charge on any atom is 0.125 e. The molecule has 0 amide bonds. The highest BCUT2D eigenvalue weighted by Gasteiger charge is 2.58. The number of nitrogens with one attached hydrogen (secondary N) is 1. The molecule has 5 nitrogen and oxygen atoms in total. The fraction of sp³-hybridized carbons (Fsp3) is 0.727. The second kappa shape index (κ2) is 7.36. The molecule has 2 fully saturated rings. The lowest BCUT2D eigenvalue weighted by Crippen LogP contribution is -2.65. The van der Waals surface area contributed by atoms with Crippen molar-refractivity contribution in [3.8, 4) is 5.75 Å². The van der Waals surface area contributed by atoms with E-state index in [0.717, 1.165) is 50.8 Å². The number of benzene rings is 1. The van der Waals surface area contributed by atoms with Gasteiger partial charge < -0.3 is 25.2 Å². The van der Waals surface area contributed by atoms with E-state index in [-0.39, 0.29) is 18.1 Å². The highest BCUT2D eigenvalue weighted by atomic mass is 16.5. The van der Waals surface area contributed by atoms with Crippen LogP contribution in [-0.2, 0) is 23.2 Å². The van der Waals surface area contributed by atoms with E-state index in [4.69, 9.17) is 4.74 Å². The van der Waals surface area contributed by atoms with Crippen LogP contribution >= 0.6 is 0 Å². The summed E-state index contributed by atoms with van der Waals surface area (Å²) in [5.74, 6) is 0.821. The Morgan fingerprint density at radius 1 is 1.37 bits per heavy atom. The average Bonchev–Trinajstić information content (AvgIpc) is 2.68. The quantitative estimate of drug-likeness (QED) is 0.737. The van der Waals surface area contributed by atoms with Gasteiger partial charge in [0.2, 0.25) is 0 Å². The zero-order valence-electron chi connectivity index (χ0n) is 16.9. The molecule has 1 saturated heterocycles. The van der Waals surface area contributed by atoms with Gasteiger partial charge in [-0.25, -0.2) is 0 Å². The molecular weight excluding hydrogens is 340 g/mol. The number of likely N-dealkylation sites (N-methyl/N-ethyl adjacent to an activating group) is 1. The molecule has 1 heterocycles. The fourth-order valence-electron chi connectivity index (χ4n) is 6.24. The largest absolute Gasteiger partial charge is 0.507 e. The van der Waals surface area contributed by atoms with Crippen LogP contribution in [0.25, 0.3) is 0 Å². The summed E-state index contributed by atoms with van der Waals surface area (Å²) in [7, 11) is 4.08. The van der Waals surface area contributed by atoms with E-state index in [9.17, 15) is 10.2 Å². The smallest absolute Gasteiger partial charge is 0.125 e. The number of hydrogen-bond acceptors (Lipinski definition) is 5. The van der Waals surface area contributed by atoms with Crippen molar-refractivity contribution in [1.29, 1.82) is 0 Å². The molecule has 1 aliphatic heterocycles. The van der Waals surface area contributed by atoms with Crippen LogP contribution < -0.4 is 5.32 Å². The van der Waals surface area contributed by atoms with Crippen molar-refractivity contribution in [3.63, 3.8) is 0 Å². The molecular formula is C22H34N2O3. The Morgan fingerprint density at radius 3 is 2.89 bits per heavy atom.